The second kappa shape index (κ2) is 3.66. The zero-order valence-corrected chi connectivity index (χ0v) is 7.85. The van der Waals surface area contributed by atoms with E-state index in [0.29, 0.717) is 0 Å². The molecule has 2 N–H and O–H groups in total. The molecule has 1 aromatic rings. The number of pyridine rings is 1. The lowest BCUT2D eigenvalue weighted by Gasteiger charge is -2.04. The number of hydrogen-bond donors (Lipinski definition) is 1. The molecule has 68 valence electrons. The molecule has 3 nitrogen and oxygen atoms in total. The Morgan fingerprint density at radius 3 is 2.69 bits per heavy atom. The summed E-state index contributed by atoms with van der Waals surface area (Å²) in [6, 6.07) is 2.96. The molecule has 0 saturated carbocycles. The molecule has 0 bridgehead atoms. The lowest BCUT2D eigenvalue weighted by atomic mass is 10.2. The number of hydrogen-bond acceptors (Lipinski definition) is 3. The fourth-order valence-electron chi connectivity index (χ4n) is 0.796. The molecule has 0 fully saturated rings. The zero-order valence-electron chi connectivity index (χ0n) is 6.26. The van der Waals surface area contributed by atoms with Crippen LogP contribution >= 0.6 is 15.9 Å². The Hall–Kier alpha value is -1.22. The van der Waals surface area contributed by atoms with E-state index in [-0.39, 0.29) is 15.9 Å². The highest BCUT2D eigenvalue weighted by molar-refractivity contribution is 9.10. The summed E-state index contributed by atoms with van der Waals surface area (Å²) in [5, 5.41) is 8.54. The average molecular weight is 248 g/mol. The molecule has 0 spiro atoms. The first-order valence-corrected chi connectivity index (χ1v) is 3.99. The third kappa shape index (κ3) is 1.92. The first-order valence-electron chi connectivity index (χ1n) is 3.20. The number of halogens is 3. The number of nitrogens with two attached hydrogens (primary N) is 1. The molecule has 0 saturated heterocycles. The van der Waals surface area contributed by atoms with E-state index >= 15 is 0 Å². The molecule has 0 atom stereocenters. The minimum atomic E-state index is -2.75. The summed E-state index contributed by atoms with van der Waals surface area (Å²) < 4.78 is 24.5. The van der Waals surface area contributed by atoms with E-state index in [1.165, 1.54) is 6.07 Å². The number of nitrogens with zero attached hydrogens (tertiary/aromatic N) is 2. The normalized spacial score (nSPS) is 10.1. The lowest BCUT2D eigenvalue weighted by Crippen LogP contribution is -1.99. The predicted octanol–water partition coefficient (Wildman–Crippen LogP) is 2.24. The summed E-state index contributed by atoms with van der Waals surface area (Å²) >= 11 is 2.86. The summed E-state index contributed by atoms with van der Waals surface area (Å²) in [5.74, 6) is -0.0879. The van der Waals surface area contributed by atoms with Gasteiger partial charge in [-0.25, -0.2) is 13.8 Å². The molecule has 0 amide bonds. The summed E-state index contributed by atoms with van der Waals surface area (Å²) in [6.07, 6.45) is -2.75. The minimum absolute atomic E-state index is 0.000741. The van der Waals surface area contributed by atoms with Gasteiger partial charge in [0, 0.05) is 0 Å². The fraction of sp³-hybridized carbons (Fsp3) is 0.143. The van der Waals surface area contributed by atoms with Gasteiger partial charge in [0.05, 0.1) is 10.0 Å². The molecular weight excluding hydrogens is 244 g/mol. The van der Waals surface area contributed by atoms with Crippen LogP contribution in [0.2, 0.25) is 0 Å². The van der Waals surface area contributed by atoms with Crippen molar-refractivity contribution in [1.82, 2.24) is 4.98 Å². The van der Waals surface area contributed by atoms with E-state index in [1.54, 1.807) is 6.07 Å². The zero-order chi connectivity index (χ0) is 10.0. The summed E-state index contributed by atoms with van der Waals surface area (Å²) in [4.78, 5) is 3.41. The van der Waals surface area contributed by atoms with Crippen LogP contribution in [0.15, 0.2) is 10.5 Å². The van der Waals surface area contributed by atoms with Gasteiger partial charge in [0.25, 0.3) is 6.43 Å². The smallest absolute Gasteiger partial charge is 0.281 e. The predicted molar refractivity (Wildman–Crippen MR) is 46.0 cm³/mol. The number of nitriles is 1. The van der Waals surface area contributed by atoms with Crippen molar-refractivity contribution in [2.45, 2.75) is 6.43 Å². The largest absolute Gasteiger partial charge is 0.384 e. The highest BCUT2D eigenvalue weighted by Gasteiger charge is 2.17. The monoisotopic (exact) mass is 247 g/mol. The highest BCUT2D eigenvalue weighted by atomic mass is 79.9. The Labute approximate surface area is 81.3 Å². The van der Waals surface area contributed by atoms with Gasteiger partial charge in [-0.15, -0.1) is 0 Å². The Morgan fingerprint density at radius 1 is 1.62 bits per heavy atom. The first-order chi connectivity index (χ1) is 6.06. The van der Waals surface area contributed by atoms with Gasteiger partial charge < -0.3 is 5.73 Å². The van der Waals surface area contributed by atoms with Crippen molar-refractivity contribution in [2.75, 3.05) is 5.73 Å². The molecule has 0 aromatic carbocycles. The van der Waals surface area contributed by atoms with Crippen molar-refractivity contribution in [3.8, 4) is 6.07 Å². The van der Waals surface area contributed by atoms with E-state index in [2.05, 4.69) is 20.9 Å². The highest BCUT2D eigenvalue weighted by Crippen LogP contribution is 2.29. The third-order valence-electron chi connectivity index (χ3n) is 1.33. The van der Waals surface area contributed by atoms with Crippen LogP contribution in [-0.2, 0) is 0 Å². The quantitative estimate of drug-likeness (QED) is 0.828. The Kier molecular flexibility index (Phi) is 2.78. The molecule has 13 heavy (non-hydrogen) atoms. The number of nitrogen functional groups attached to an aromatic ring is 1. The van der Waals surface area contributed by atoms with Gasteiger partial charge in [0.15, 0.2) is 0 Å². The Bertz CT molecular complexity index is 373. The van der Waals surface area contributed by atoms with Gasteiger partial charge in [-0.2, -0.15) is 5.26 Å². The van der Waals surface area contributed by atoms with Crippen LogP contribution in [0.4, 0.5) is 14.6 Å². The van der Waals surface area contributed by atoms with E-state index in [1.807, 2.05) is 0 Å². The molecule has 1 aromatic heterocycles. The summed E-state index contributed by atoms with van der Waals surface area (Å²) in [6.45, 7) is 0. The van der Waals surface area contributed by atoms with Crippen LogP contribution in [0, 0.1) is 11.3 Å². The number of alkyl halides is 2. The van der Waals surface area contributed by atoms with Crippen LogP contribution in [0.3, 0.4) is 0 Å². The maximum absolute atomic E-state index is 12.3. The van der Waals surface area contributed by atoms with Crippen LogP contribution in [0.5, 0.6) is 0 Å². The molecule has 1 rings (SSSR count). The average Bonchev–Trinajstić information content (AvgIpc) is 2.08. The maximum atomic E-state index is 12.3. The molecule has 0 unspecified atom stereocenters. The van der Waals surface area contributed by atoms with E-state index in [4.69, 9.17) is 11.0 Å². The third-order valence-corrected chi connectivity index (χ3v) is 2.16. The van der Waals surface area contributed by atoms with Crippen LogP contribution in [0.1, 0.15) is 17.7 Å². The van der Waals surface area contributed by atoms with E-state index in [0.717, 1.165) is 0 Å². The maximum Gasteiger partial charge on any atom is 0.281 e. The lowest BCUT2D eigenvalue weighted by molar-refractivity contribution is 0.145. The minimum Gasteiger partial charge on any atom is -0.384 e. The van der Waals surface area contributed by atoms with Crippen molar-refractivity contribution in [2.24, 2.45) is 0 Å². The standard InChI is InChI=1S/C7H4BrF2N3/c8-5-3(2-11)1-4(12)13-6(5)7(9)10/h1,7H,(H2,12,13). The van der Waals surface area contributed by atoms with Gasteiger partial charge in [-0.05, 0) is 22.0 Å². The number of anilines is 1. The Morgan fingerprint density at radius 2 is 2.23 bits per heavy atom. The van der Waals surface area contributed by atoms with Crippen LogP contribution in [-0.4, -0.2) is 4.98 Å². The Balaban J connectivity index is 3.38. The SMILES string of the molecule is N#Cc1cc(N)nc(C(F)F)c1Br. The van der Waals surface area contributed by atoms with Crippen LogP contribution < -0.4 is 5.73 Å². The molecule has 0 radical (unpaired) electrons. The van der Waals surface area contributed by atoms with E-state index in [9.17, 15) is 8.78 Å². The van der Waals surface area contributed by atoms with E-state index < -0.39 is 12.1 Å². The first kappa shape index (κ1) is 9.86. The topological polar surface area (TPSA) is 62.7 Å². The number of aromatic nitrogens is 1. The van der Waals surface area contributed by atoms with Crippen molar-refractivity contribution < 1.29 is 8.78 Å². The fourth-order valence-corrected chi connectivity index (χ4v) is 1.26. The van der Waals surface area contributed by atoms with Gasteiger partial charge in [-0.1, -0.05) is 0 Å². The molecule has 6 heteroatoms. The molecule has 0 aliphatic rings. The van der Waals surface area contributed by atoms with Gasteiger partial charge >= 0.3 is 0 Å². The molecule has 0 aliphatic heterocycles. The van der Waals surface area contributed by atoms with Crippen LogP contribution in [0.25, 0.3) is 0 Å². The van der Waals surface area contributed by atoms with Crippen molar-refractivity contribution in [3.63, 3.8) is 0 Å². The van der Waals surface area contributed by atoms with Crippen molar-refractivity contribution >= 4 is 21.7 Å². The van der Waals surface area contributed by atoms with Gasteiger partial charge in [-0.3, -0.25) is 0 Å². The van der Waals surface area contributed by atoms with Gasteiger partial charge in [0.2, 0.25) is 0 Å². The summed E-state index contributed by atoms with van der Waals surface area (Å²) in [7, 11) is 0. The molecule has 0 aliphatic carbocycles. The van der Waals surface area contributed by atoms with Crippen molar-refractivity contribution in [1.29, 1.82) is 5.26 Å². The molecule has 1 heterocycles. The second-order valence-corrected chi connectivity index (χ2v) is 3.00. The summed E-state index contributed by atoms with van der Waals surface area (Å²) in [5.41, 5.74) is 4.78. The van der Waals surface area contributed by atoms with Crippen molar-refractivity contribution in [3.05, 3.63) is 21.8 Å². The van der Waals surface area contributed by atoms with Gasteiger partial charge in [0.1, 0.15) is 17.6 Å². The second-order valence-electron chi connectivity index (χ2n) is 2.21. The molecular formula is C7H4BrF2N3. The number of rotatable bonds is 1.